The van der Waals surface area contributed by atoms with Gasteiger partial charge in [0, 0.05) is 12.1 Å². The Kier molecular flexibility index (Phi) is 6.03. The van der Waals surface area contributed by atoms with Crippen molar-refractivity contribution >= 4 is 0 Å². The number of hydrogen-bond acceptors (Lipinski definition) is 4. The fraction of sp³-hybridized carbons (Fsp3) is 0.647. The molecule has 3 N–H and O–H groups in total. The topological polar surface area (TPSA) is 61.7 Å². The summed E-state index contributed by atoms with van der Waals surface area (Å²) in [5, 5.41) is 23.2. The first kappa shape index (κ1) is 16.3. The van der Waals surface area contributed by atoms with Gasteiger partial charge in [0.2, 0.25) is 0 Å². The van der Waals surface area contributed by atoms with Crippen molar-refractivity contribution in [2.24, 2.45) is 5.92 Å². The Morgan fingerprint density at radius 2 is 2.00 bits per heavy atom. The van der Waals surface area contributed by atoms with E-state index in [2.05, 4.69) is 5.32 Å². The largest absolute Gasteiger partial charge is 0.496 e. The Labute approximate surface area is 127 Å². The van der Waals surface area contributed by atoms with E-state index in [9.17, 15) is 10.2 Å². The zero-order valence-electron chi connectivity index (χ0n) is 13.0. The molecule has 0 aromatic heterocycles. The van der Waals surface area contributed by atoms with E-state index >= 15 is 0 Å². The molecule has 21 heavy (non-hydrogen) atoms. The lowest BCUT2D eigenvalue weighted by atomic mass is 9.87. The Morgan fingerprint density at radius 3 is 2.67 bits per heavy atom. The molecule has 0 aliphatic heterocycles. The Balaban J connectivity index is 1.81. The predicted octanol–water partition coefficient (Wildman–Crippen LogP) is 2.18. The van der Waals surface area contributed by atoms with Crippen molar-refractivity contribution in [2.45, 2.75) is 44.8 Å². The summed E-state index contributed by atoms with van der Waals surface area (Å²) in [5.41, 5.74) is 1.95. The number of hydrogen-bond donors (Lipinski definition) is 3. The maximum absolute atomic E-state index is 10.3. The molecule has 0 saturated heterocycles. The van der Waals surface area contributed by atoms with E-state index in [-0.39, 0.29) is 6.10 Å². The van der Waals surface area contributed by atoms with Crippen molar-refractivity contribution in [1.29, 1.82) is 0 Å². The van der Waals surface area contributed by atoms with Gasteiger partial charge in [-0.3, -0.25) is 0 Å². The van der Waals surface area contributed by atoms with E-state index in [1.54, 1.807) is 7.11 Å². The van der Waals surface area contributed by atoms with E-state index in [4.69, 9.17) is 4.74 Å². The quantitative estimate of drug-likeness (QED) is 0.752. The van der Waals surface area contributed by atoms with Crippen LogP contribution in [0.2, 0.25) is 0 Å². The summed E-state index contributed by atoms with van der Waals surface area (Å²) < 4.78 is 5.31. The first-order chi connectivity index (χ1) is 10.1. The maximum atomic E-state index is 10.3. The first-order valence-electron chi connectivity index (χ1n) is 7.81. The number of ether oxygens (including phenoxy) is 1. The molecule has 0 amide bonds. The Hall–Kier alpha value is -1.10. The van der Waals surface area contributed by atoms with Crippen LogP contribution in [0.4, 0.5) is 0 Å². The van der Waals surface area contributed by atoms with Crippen LogP contribution < -0.4 is 10.1 Å². The monoisotopic (exact) mass is 293 g/mol. The molecule has 0 heterocycles. The number of aliphatic hydroxyl groups is 2. The van der Waals surface area contributed by atoms with Crippen molar-refractivity contribution in [3.8, 4) is 5.75 Å². The third kappa shape index (κ3) is 4.70. The average Bonchev–Trinajstić information content (AvgIpc) is 2.49. The van der Waals surface area contributed by atoms with Gasteiger partial charge in [0.1, 0.15) is 5.75 Å². The second-order valence-electron chi connectivity index (χ2n) is 6.09. The smallest absolute Gasteiger partial charge is 0.124 e. The van der Waals surface area contributed by atoms with Crippen molar-refractivity contribution < 1.29 is 14.9 Å². The molecule has 1 atom stereocenters. The van der Waals surface area contributed by atoms with Gasteiger partial charge in [0.05, 0.1) is 19.3 Å². The van der Waals surface area contributed by atoms with Crippen molar-refractivity contribution in [3.63, 3.8) is 0 Å². The zero-order valence-corrected chi connectivity index (χ0v) is 13.0. The predicted molar refractivity (Wildman–Crippen MR) is 83.5 cm³/mol. The normalized spacial score (nSPS) is 23.8. The van der Waals surface area contributed by atoms with E-state index in [1.807, 2.05) is 25.1 Å². The van der Waals surface area contributed by atoms with E-state index in [0.717, 1.165) is 49.1 Å². The highest BCUT2D eigenvalue weighted by Gasteiger charge is 2.19. The van der Waals surface area contributed by atoms with Gasteiger partial charge in [-0.15, -0.1) is 0 Å². The van der Waals surface area contributed by atoms with Crippen LogP contribution in [0.15, 0.2) is 18.2 Å². The van der Waals surface area contributed by atoms with Crippen LogP contribution in [-0.2, 0) is 0 Å². The van der Waals surface area contributed by atoms with Crippen molar-refractivity contribution in [1.82, 2.24) is 5.32 Å². The SMILES string of the molecule is COc1ccc(C)cc1C(O)CNCC1CCC(O)CC1. The highest BCUT2D eigenvalue weighted by Crippen LogP contribution is 2.26. The van der Waals surface area contributed by atoms with Crippen LogP contribution in [0.1, 0.15) is 42.9 Å². The molecule has 1 aromatic rings. The fourth-order valence-electron chi connectivity index (χ4n) is 3.00. The molecule has 2 rings (SSSR count). The second-order valence-corrected chi connectivity index (χ2v) is 6.09. The molecule has 1 aromatic carbocycles. The summed E-state index contributed by atoms with van der Waals surface area (Å²) in [6.07, 6.45) is 3.27. The lowest BCUT2D eigenvalue weighted by Crippen LogP contribution is -2.30. The summed E-state index contributed by atoms with van der Waals surface area (Å²) in [4.78, 5) is 0. The second kappa shape index (κ2) is 7.78. The minimum Gasteiger partial charge on any atom is -0.496 e. The molecule has 1 aliphatic carbocycles. The van der Waals surface area contributed by atoms with E-state index < -0.39 is 6.10 Å². The van der Waals surface area contributed by atoms with Gasteiger partial charge in [0.15, 0.2) is 0 Å². The minimum absolute atomic E-state index is 0.108. The molecule has 0 spiro atoms. The lowest BCUT2D eigenvalue weighted by molar-refractivity contribution is 0.106. The van der Waals surface area contributed by atoms with Crippen LogP contribution >= 0.6 is 0 Å². The Bertz CT molecular complexity index is 442. The summed E-state index contributed by atoms with van der Waals surface area (Å²) >= 11 is 0. The van der Waals surface area contributed by atoms with Gasteiger partial charge >= 0.3 is 0 Å². The molecular formula is C17H27NO3. The molecule has 1 saturated carbocycles. The number of methoxy groups -OCH3 is 1. The van der Waals surface area contributed by atoms with Crippen LogP contribution in [-0.4, -0.2) is 36.5 Å². The number of aliphatic hydroxyl groups excluding tert-OH is 2. The fourth-order valence-corrected chi connectivity index (χ4v) is 3.00. The average molecular weight is 293 g/mol. The summed E-state index contributed by atoms with van der Waals surface area (Å²) in [5.74, 6) is 1.34. The van der Waals surface area contributed by atoms with Gasteiger partial charge in [-0.25, -0.2) is 0 Å². The zero-order chi connectivity index (χ0) is 15.2. The molecule has 1 fully saturated rings. The van der Waals surface area contributed by atoms with Crippen LogP contribution in [0.5, 0.6) is 5.75 Å². The van der Waals surface area contributed by atoms with Crippen LogP contribution in [0.25, 0.3) is 0 Å². The molecule has 1 unspecified atom stereocenters. The van der Waals surface area contributed by atoms with Crippen LogP contribution in [0.3, 0.4) is 0 Å². The minimum atomic E-state index is -0.561. The van der Waals surface area contributed by atoms with Gasteiger partial charge in [-0.2, -0.15) is 0 Å². The van der Waals surface area contributed by atoms with Gasteiger partial charge in [0.25, 0.3) is 0 Å². The third-order valence-corrected chi connectivity index (χ3v) is 4.33. The number of aryl methyl sites for hydroxylation is 1. The first-order valence-corrected chi connectivity index (χ1v) is 7.81. The summed E-state index contributed by atoms with van der Waals surface area (Å²) in [7, 11) is 1.63. The highest BCUT2D eigenvalue weighted by molar-refractivity contribution is 5.38. The third-order valence-electron chi connectivity index (χ3n) is 4.33. The van der Waals surface area contributed by atoms with Crippen molar-refractivity contribution in [2.75, 3.05) is 20.2 Å². The summed E-state index contributed by atoms with van der Waals surface area (Å²) in [6, 6.07) is 5.86. The Morgan fingerprint density at radius 1 is 1.29 bits per heavy atom. The molecule has 1 aliphatic rings. The maximum Gasteiger partial charge on any atom is 0.124 e. The molecule has 118 valence electrons. The van der Waals surface area contributed by atoms with Crippen LogP contribution in [0, 0.1) is 12.8 Å². The molecule has 0 bridgehead atoms. The molecule has 4 heteroatoms. The lowest BCUT2D eigenvalue weighted by Gasteiger charge is -2.26. The number of rotatable bonds is 6. The molecule has 4 nitrogen and oxygen atoms in total. The molecular weight excluding hydrogens is 266 g/mol. The molecule has 0 radical (unpaired) electrons. The van der Waals surface area contributed by atoms with E-state index in [1.165, 1.54) is 0 Å². The number of nitrogens with one attached hydrogen (secondary N) is 1. The van der Waals surface area contributed by atoms with Gasteiger partial charge in [-0.1, -0.05) is 11.6 Å². The van der Waals surface area contributed by atoms with E-state index in [0.29, 0.717) is 12.5 Å². The summed E-state index contributed by atoms with van der Waals surface area (Å²) in [6.45, 7) is 3.44. The van der Waals surface area contributed by atoms with Gasteiger partial charge < -0.3 is 20.3 Å². The standard InChI is InChI=1S/C17H27NO3/c1-12-3-8-17(21-2)15(9-12)16(20)11-18-10-13-4-6-14(19)7-5-13/h3,8-9,13-14,16,18-20H,4-7,10-11H2,1-2H3. The highest BCUT2D eigenvalue weighted by atomic mass is 16.5. The van der Waals surface area contributed by atoms with Crippen molar-refractivity contribution in [3.05, 3.63) is 29.3 Å². The number of benzene rings is 1. The van der Waals surface area contributed by atoms with Gasteiger partial charge in [-0.05, 0) is 57.2 Å².